The van der Waals surface area contributed by atoms with Crippen LogP contribution in [0.15, 0.2) is 29.0 Å². The molecule has 114 valence electrons. The van der Waals surface area contributed by atoms with Gasteiger partial charge in [0.2, 0.25) is 0 Å². The highest BCUT2D eigenvalue weighted by Crippen LogP contribution is 2.23. The van der Waals surface area contributed by atoms with E-state index in [4.69, 9.17) is 4.74 Å². The summed E-state index contributed by atoms with van der Waals surface area (Å²) in [7, 11) is 0. The number of ether oxygens (including phenoxy) is 1. The quantitative estimate of drug-likeness (QED) is 0.830. The van der Waals surface area contributed by atoms with Crippen LogP contribution < -0.4 is 10.1 Å². The molecule has 0 fully saturated rings. The lowest BCUT2D eigenvalue weighted by Gasteiger charge is -2.12. The van der Waals surface area contributed by atoms with Crippen molar-refractivity contribution < 1.29 is 4.74 Å². The van der Waals surface area contributed by atoms with E-state index >= 15 is 0 Å². The maximum Gasteiger partial charge on any atom is 0.165 e. The highest BCUT2D eigenvalue weighted by atomic mass is 79.9. The Morgan fingerprint density at radius 3 is 2.90 bits per heavy atom. The first-order valence-electron chi connectivity index (χ1n) is 7.12. The third-order valence-electron chi connectivity index (χ3n) is 3.09. The Balaban J connectivity index is 2.04. The monoisotopic (exact) mass is 352 g/mol. The zero-order valence-corrected chi connectivity index (χ0v) is 14.2. The molecular formula is C15H21BrN4O. The minimum Gasteiger partial charge on any atom is -0.486 e. The summed E-state index contributed by atoms with van der Waals surface area (Å²) in [6, 6.07) is 6.29. The zero-order valence-electron chi connectivity index (χ0n) is 12.6. The van der Waals surface area contributed by atoms with E-state index < -0.39 is 0 Å². The Bertz CT molecular complexity index is 583. The van der Waals surface area contributed by atoms with Gasteiger partial charge >= 0.3 is 0 Å². The van der Waals surface area contributed by atoms with Gasteiger partial charge in [0, 0.05) is 17.1 Å². The van der Waals surface area contributed by atoms with Crippen LogP contribution in [0, 0.1) is 0 Å². The van der Waals surface area contributed by atoms with E-state index in [0.29, 0.717) is 6.61 Å². The average Bonchev–Trinajstić information content (AvgIpc) is 2.93. The van der Waals surface area contributed by atoms with E-state index in [1.807, 2.05) is 22.9 Å². The van der Waals surface area contributed by atoms with Gasteiger partial charge in [-0.05, 0) is 44.2 Å². The van der Waals surface area contributed by atoms with Crippen molar-refractivity contribution in [2.45, 2.75) is 40.0 Å². The molecule has 0 bridgehead atoms. The van der Waals surface area contributed by atoms with Crippen LogP contribution in [0.1, 0.15) is 38.2 Å². The third kappa shape index (κ3) is 4.28. The molecule has 0 aliphatic carbocycles. The second-order valence-electron chi connectivity index (χ2n) is 5.04. The molecule has 0 radical (unpaired) electrons. The van der Waals surface area contributed by atoms with Crippen LogP contribution in [0.2, 0.25) is 0 Å². The lowest BCUT2D eigenvalue weighted by molar-refractivity contribution is 0.282. The molecule has 2 aromatic rings. The molecule has 1 aromatic heterocycles. The van der Waals surface area contributed by atoms with Gasteiger partial charge in [0.1, 0.15) is 18.7 Å². The number of aromatic nitrogens is 3. The number of nitrogens with one attached hydrogen (secondary N) is 1. The predicted octanol–water partition coefficient (Wildman–Crippen LogP) is 3.31. The van der Waals surface area contributed by atoms with E-state index in [0.717, 1.165) is 29.1 Å². The van der Waals surface area contributed by atoms with Gasteiger partial charge in [-0.2, -0.15) is 5.10 Å². The number of hydrogen-bond donors (Lipinski definition) is 1. The molecule has 0 aliphatic heterocycles. The fourth-order valence-corrected chi connectivity index (χ4v) is 2.38. The number of rotatable bonds is 7. The highest BCUT2D eigenvalue weighted by molar-refractivity contribution is 9.10. The molecule has 0 unspecified atom stereocenters. The first-order valence-corrected chi connectivity index (χ1v) is 7.91. The number of benzene rings is 1. The molecule has 5 nitrogen and oxygen atoms in total. The molecular weight excluding hydrogens is 332 g/mol. The van der Waals surface area contributed by atoms with Crippen LogP contribution >= 0.6 is 15.9 Å². The van der Waals surface area contributed by atoms with E-state index in [9.17, 15) is 0 Å². The summed E-state index contributed by atoms with van der Waals surface area (Å²) >= 11 is 3.56. The van der Waals surface area contributed by atoms with Crippen molar-refractivity contribution in [3.63, 3.8) is 0 Å². The van der Waals surface area contributed by atoms with Gasteiger partial charge in [-0.1, -0.05) is 22.9 Å². The van der Waals surface area contributed by atoms with Crippen LogP contribution in [0.4, 0.5) is 0 Å². The Labute approximate surface area is 133 Å². The maximum atomic E-state index is 5.84. The Morgan fingerprint density at radius 2 is 2.19 bits per heavy atom. The Morgan fingerprint density at radius 1 is 1.38 bits per heavy atom. The molecule has 0 atom stereocenters. The minimum absolute atomic E-state index is 0.278. The molecule has 0 amide bonds. The van der Waals surface area contributed by atoms with Crippen LogP contribution in [0.3, 0.4) is 0 Å². The molecule has 21 heavy (non-hydrogen) atoms. The van der Waals surface area contributed by atoms with Gasteiger partial charge in [0.25, 0.3) is 0 Å². The first-order chi connectivity index (χ1) is 10.1. The molecule has 0 aliphatic rings. The third-order valence-corrected chi connectivity index (χ3v) is 3.86. The second-order valence-corrected chi connectivity index (χ2v) is 5.89. The standard InChI is InChI=1S/C15H21BrN4O/c1-4-17-8-12-7-13(5-6-14(12)16)21-9-15-18-10-19-20(15)11(2)3/h5-7,10-11,17H,4,8-9H2,1-3H3. The average molecular weight is 353 g/mol. The summed E-state index contributed by atoms with van der Waals surface area (Å²) in [5.41, 5.74) is 1.18. The molecule has 0 saturated heterocycles. The number of hydrogen-bond acceptors (Lipinski definition) is 4. The van der Waals surface area contributed by atoms with E-state index in [2.05, 4.69) is 52.1 Å². The van der Waals surface area contributed by atoms with Crippen molar-refractivity contribution in [1.29, 1.82) is 0 Å². The summed E-state index contributed by atoms with van der Waals surface area (Å²) < 4.78 is 8.80. The second kappa shape index (κ2) is 7.56. The van der Waals surface area contributed by atoms with Gasteiger partial charge in [0.15, 0.2) is 5.82 Å². The molecule has 1 heterocycles. The van der Waals surface area contributed by atoms with Gasteiger partial charge in [-0.3, -0.25) is 0 Å². The number of halogens is 1. The predicted molar refractivity (Wildman–Crippen MR) is 86.3 cm³/mol. The summed E-state index contributed by atoms with van der Waals surface area (Å²) in [5.74, 6) is 1.67. The lowest BCUT2D eigenvalue weighted by Crippen LogP contribution is -2.13. The Hall–Kier alpha value is -1.40. The molecule has 1 N–H and O–H groups in total. The van der Waals surface area contributed by atoms with Gasteiger partial charge in [-0.15, -0.1) is 0 Å². The van der Waals surface area contributed by atoms with Crippen LogP contribution in [-0.2, 0) is 13.2 Å². The fourth-order valence-electron chi connectivity index (χ4n) is 1.99. The molecule has 2 rings (SSSR count). The van der Waals surface area contributed by atoms with E-state index in [1.165, 1.54) is 5.56 Å². The lowest BCUT2D eigenvalue weighted by atomic mass is 10.2. The topological polar surface area (TPSA) is 52.0 Å². The smallest absolute Gasteiger partial charge is 0.165 e. The van der Waals surface area contributed by atoms with Crippen LogP contribution in [-0.4, -0.2) is 21.3 Å². The van der Waals surface area contributed by atoms with Crippen molar-refractivity contribution in [3.8, 4) is 5.75 Å². The van der Waals surface area contributed by atoms with Crippen molar-refractivity contribution >= 4 is 15.9 Å². The summed E-state index contributed by atoms with van der Waals surface area (Å²) in [6.07, 6.45) is 1.57. The van der Waals surface area contributed by atoms with Gasteiger partial charge in [-0.25, -0.2) is 9.67 Å². The van der Waals surface area contributed by atoms with Gasteiger partial charge in [0.05, 0.1) is 0 Å². The largest absolute Gasteiger partial charge is 0.486 e. The van der Waals surface area contributed by atoms with Crippen LogP contribution in [0.5, 0.6) is 5.75 Å². The molecule has 0 spiro atoms. The van der Waals surface area contributed by atoms with Crippen LogP contribution in [0.25, 0.3) is 0 Å². The Kier molecular flexibility index (Phi) is 5.76. The fraction of sp³-hybridized carbons (Fsp3) is 0.467. The molecule has 6 heteroatoms. The first kappa shape index (κ1) is 16.0. The number of nitrogens with zero attached hydrogens (tertiary/aromatic N) is 3. The molecule has 0 saturated carbocycles. The zero-order chi connectivity index (χ0) is 15.2. The van der Waals surface area contributed by atoms with Crippen molar-refractivity contribution in [2.24, 2.45) is 0 Å². The molecule has 1 aromatic carbocycles. The SMILES string of the molecule is CCNCc1cc(OCc2ncnn2C(C)C)ccc1Br. The van der Waals surface area contributed by atoms with E-state index in [1.54, 1.807) is 6.33 Å². The summed E-state index contributed by atoms with van der Waals surface area (Å²) in [5, 5.41) is 7.52. The van der Waals surface area contributed by atoms with Gasteiger partial charge < -0.3 is 10.1 Å². The van der Waals surface area contributed by atoms with E-state index in [-0.39, 0.29) is 6.04 Å². The van der Waals surface area contributed by atoms with Crippen molar-refractivity contribution in [1.82, 2.24) is 20.1 Å². The summed E-state index contributed by atoms with van der Waals surface area (Å²) in [6.45, 7) is 8.41. The summed E-state index contributed by atoms with van der Waals surface area (Å²) in [4.78, 5) is 4.25. The minimum atomic E-state index is 0.278. The normalized spacial score (nSPS) is 11.1. The van der Waals surface area contributed by atoms with Crippen molar-refractivity contribution in [2.75, 3.05) is 6.54 Å². The maximum absolute atomic E-state index is 5.84. The van der Waals surface area contributed by atoms with Crippen molar-refractivity contribution in [3.05, 3.63) is 40.4 Å². The highest BCUT2D eigenvalue weighted by Gasteiger charge is 2.09.